The summed E-state index contributed by atoms with van der Waals surface area (Å²) in [4.78, 5) is 11.5. The fourth-order valence-corrected chi connectivity index (χ4v) is 1.56. The van der Waals surface area contributed by atoms with Crippen LogP contribution in [0.15, 0.2) is 6.07 Å². The number of nitrogens with two attached hydrogens (primary N) is 1. The largest absolute Gasteiger partial charge is 0.496 e. The SMILES string of the molecule is COc1c(C)cc(C)c(F)c1C(=O)CN. The number of hydrogen-bond donors (Lipinski definition) is 1. The number of Topliss-reactive ketones (excluding diaryl/α,β-unsaturated/α-hetero) is 1. The third-order valence-electron chi connectivity index (χ3n) is 2.25. The molecule has 0 heterocycles. The molecule has 0 saturated heterocycles. The molecular weight excluding hydrogens is 197 g/mol. The van der Waals surface area contributed by atoms with E-state index in [1.807, 2.05) is 0 Å². The molecule has 0 spiro atoms. The van der Waals surface area contributed by atoms with E-state index in [0.29, 0.717) is 5.56 Å². The van der Waals surface area contributed by atoms with E-state index < -0.39 is 11.6 Å². The molecular formula is C11H14FNO2. The van der Waals surface area contributed by atoms with Crippen molar-refractivity contribution in [1.82, 2.24) is 0 Å². The summed E-state index contributed by atoms with van der Waals surface area (Å²) in [6.45, 7) is 3.14. The van der Waals surface area contributed by atoms with Crippen LogP contribution in [0.4, 0.5) is 4.39 Å². The Morgan fingerprint density at radius 1 is 1.47 bits per heavy atom. The standard InChI is InChI=1S/C11H14FNO2/c1-6-4-7(2)11(15-3)9(10(6)12)8(14)5-13/h4H,5,13H2,1-3H3. The molecule has 0 amide bonds. The van der Waals surface area contributed by atoms with Gasteiger partial charge in [0.25, 0.3) is 0 Å². The second-order valence-electron chi connectivity index (χ2n) is 3.36. The van der Waals surface area contributed by atoms with E-state index in [1.165, 1.54) is 7.11 Å². The second-order valence-corrected chi connectivity index (χ2v) is 3.36. The smallest absolute Gasteiger partial charge is 0.183 e. The van der Waals surface area contributed by atoms with Gasteiger partial charge in [0.15, 0.2) is 5.78 Å². The number of carbonyl (C=O) groups is 1. The summed E-state index contributed by atoms with van der Waals surface area (Å²) in [5, 5.41) is 0. The quantitative estimate of drug-likeness (QED) is 0.772. The van der Waals surface area contributed by atoms with Gasteiger partial charge >= 0.3 is 0 Å². The molecule has 0 aliphatic carbocycles. The number of ketones is 1. The molecule has 0 aliphatic heterocycles. The van der Waals surface area contributed by atoms with Crippen molar-refractivity contribution in [3.8, 4) is 5.75 Å². The lowest BCUT2D eigenvalue weighted by atomic mass is 10.0. The number of methoxy groups -OCH3 is 1. The van der Waals surface area contributed by atoms with E-state index in [4.69, 9.17) is 10.5 Å². The molecule has 1 aromatic carbocycles. The predicted octanol–water partition coefficient (Wildman–Crippen LogP) is 1.59. The molecule has 3 nitrogen and oxygen atoms in total. The summed E-state index contributed by atoms with van der Waals surface area (Å²) >= 11 is 0. The molecule has 0 fully saturated rings. The molecule has 15 heavy (non-hydrogen) atoms. The minimum Gasteiger partial charge on any atom is -0.496 e. The lowest BCUT2D eigenvalue weighted by molar-refractivity contribution is 0.0994. The summed E-state index contributed by atoms with van der Waals surface area (Å²) in [6.07, 6.45) is 0. The van der Waals surface area contributed by atoms with Crippen LogP contribution in [0.1, 0.15) is 21.5 Å². The molecule has 0 atom stereocenters. The zero-order valence-electron chi connectivity index (χ0n) is 9.06. The van der Waals surface area contributed by atoms with Crippen LogP contribution in [0, 0.1) is 19.7 Å². The van der Waals surface area contributed by atoms with E-state index in [9.17, 15) is 9.18 Å². The Labute approximate surface area is 88.0 Å². The van der Waals surface area contributed by atoms with Gasteiger partial charge in [-0.05, 0) is 31.0 Å². The third kappa shape index (κ3) is 1.99. The highest BCUT2D eigenvalue weighted by molar-refractivity contribution is 6.00. The number of carbonyl (C=O) groups excluding carboxylic acids is 1. The molecule has 0 saturated carbocycles. The van der Waals surface area contributed by atoms with Crippen molar-refractivity contribution >= 4 is 5.78 Å². The van der Waals surface area contributed by atoms with Crippen molar-refractivity contribution in [3.05, 3.63) is 28.6 Å². The first-order valence-electron chi connectivity index (χ1n) is 4.59. The van der Waals surface area contributed by atoms with Gasteiger partial charge < -0.3 is 10.5 Å². The van der Waals surface area contributed by atoms with Crippen molar-refractivity contribution in [2.75, 3.05) is 13.7 Å². The maximum atomic E-state index is 13.7. The number of ether oxygens (including phenoxy) is 1. The molecule has 82 valence electrons. The summed E-state index contributed by atoms with van der Waals surface area (Å²) in [7, 11) is 1.41. The summed E-state index contributed by atoms with van der Waals surface area (Å²) in [5.41, 5.74) is 6.33. The third-order valence-corrected chi connectivity index (χ3v) is 2.25. The fourth-order valence-electron chi connectivity index (χ4n) is 1.56. The van der Waals surface area contributed by atoms with E-state index in [2.05, 4.69) is 0 Å². The molecule has 0 radical (unpaired) electrons. The van der Waals surface area contributed by atoms with Gasteiger partial charge in [-0.25, -0.2) is 4.39 Å². The first kappa shape index (κ1) is 11.7. The molecule has 1 aromatic rings. The maximum absolute atomic E-state index is 13.7. The van der Waals surface area contributed by atoms with Crippen LogP contribution in [0.5, 0.6) is 5.75 Å². The topological polar surface area (TPSA) is 52.3 Å². The Kier molecular flexibility index (Phi) is 3.42. The average Bonchev–Trinajstić information content (AvgIpc) is 2.21. The van der Waals surface area contributed by atoms with Crippen molar-refractivity contribution < 1.29 is 13.9 Å². The molecule has 0 unspecified atom stereocenters. The lowest BCUT2D eigenvalue weighted by Gasteiger charge is -2.12. The summed E-state index contributed by atoms with van der Waals surface area (Å²) in [5.74, 6) is -0.724. The fraction of sp³-hybridized carbons (Fsp3) is 0.364. The normalized spacial score (nSPS) is 10.2. The molecule has 0 bridgehead atoms. The van der Waals surface area contributed by atoms with Crippen molar-refractivity contribution in [2.24, 2.45) is 5.73 Å². The van der Waals surface area contributed by atoms with Gasteiger partial charge in [0.05, 0.1) is 19.2 Å². The molecule has 0 aromatic heterocycles. The second kappa shape index (κ2) is 4.40. The van der Waals surface area contributed by atoms with Gasteiger partial charge in [0.2, 0.25) is 0 Å². The van der Waals surface area contributed by atoms with Gasteiger partial charge in [-0.1, -0.05) is 0 Å². The highest BCUT2D eigenvalue weighted by Gasteiger charge is 2.20. The van der Waals surface area contributed by atoms with Crippen LogP contribution in [0.3, 0.4) is 0 Å². The van der Waals surface area contributed by atoms with Crippen molar-refractivity contribution in [1.29, 1.82) is 0 Å². The monoisotopic (exact) mass is 211 g/mol. The van der Waals surface area contributed by atoms with Gasteiger partial charge in [0.1, 0.15) is 11.6 Å². The molecule has 1 rings (SSSR count). The number of halogens is 1. The summed E-state index contributed by atoms with van der Waals surface area (Å²) < 4.78 is 18.7. The Hall–Kier alpha value is -1.42. The highest BCUT2D eigenvalue weighted by Crippen LogP contribution is 2.28. The zero-order valence-corrected chi connectivity index (χ0v) is 9.06. The van der Waals surface area contributed by atoms with E-state index in [1.54, 1.807) is 19.9 Å². The minimum atomic E-state index is -0.548. The van der Waals surface area contributed by atoms with Crippen molar-refractivity contribution in [2.45, 2.75) is 13.8 Å². The van der Waals surface area contributed by atoms with Crippen LogP contribution in [0.2, 0.25) is 0 Å². The van der Waals surface area contributed by atoms with Crippen LogP contribution in [0.25, 0.3) is 0 Å². The Balaban J connectivity index is 3.50. The average molecular weight is 211 g/mol. The van der Waals surface area contributed by atoms with Crippen LogP contribution >= 0.6 is 0 Å². The van der Waals surface area contributed by atoms with E-state index >= 15 is 0 Å². The Morgan fingerprint density at radius 2 is 2.07 bits per heavy atom. The Morgan fingerprint density at radius 3 is 2.53 bits per heavy atom. The van der Waals surface area contributed by atoms with E-state index in [-0.39, 0.29) is 17.9 Å². The van der Waals surface area contributed by atoms with E-state index in [0.717, 1.165) is 5.56 Å². The summed E-state index contributed by atoms with van der Waals surface area (Å²) in [6, 6.07) is 1.64. The lowest BCUT2D eigenvalue weighted by Crippen LogP contribution is -2.17. The number of benzene rings is 1. The first-order valence-corrected chi connectivity index (χ1v) is 4.59. The maximum Gasteiger partial charge on any atom is 0.183 e. The molecule has 2 N–H and O–H groups in total. The first-order chi connectivity index (χ1) is 7.02. The van der Waals surface area contributed by atoms with Crippen LogP contribution in [-0.2, 0) is 0 Å². The van der Waals surface area contributed by atoms with Gasteiger partial charge in [-0.3, -0.25) is 4.79 Å². The highest BCUT2D eigenvalue weighted by atomic mass is 19.1. The number of rotatable bonds is 3. The van der Waals surface area contributed by atoms with Crippen LogP contribution < -0.4 is 10.5 Å². The zero-order chi connectivity index (χ0) is 11.6. The number of aryl methyl sites for hydroxylation is 2. The van der Waals surface area contributed by atoms with Crippen LogP contribution in [-0.4, -0.2) is 19.4 Å². The van der Waals surface area contributed by atoms with Gasteiger partial charge in [0, 0.05) is 0 Å². The molecule has 0 aliphatic rings. The number of hydrogen-bond acceptors (Lipinski definition) is 3. The van der Waals surface area contributed by atoms with Crippen molar-refractivity contribution in [3.63, 3.8) is 0 Å². The predicted molar refractivity (Wildman–Crippen MR) is 55.8 cm³/mol. The van der Waals surface area contributed by atoms with Gasteiger partial charge in [-0.2, -0.15) is 0 Å². The van der Waals surface area contributed by atoms with Gasteiger partial charge in [-0.15, -0.1) is 0 Å². The minimum absolute atomic E-state index is 0.0440. The molecule has 4 heteroatoms. The Bertz CT molecular complexity index is 402.